The van der Waals surface area contributed by atoms with Gasteiger partial charge >= 0.3 is 0 Å². The van der Waals surface area contributed by atoms with Crippen LogP contribution in [0.1, 0.15) is 0 Å². The molecule has 21 heavy (non-hydrogen) atoms. The van der Waals surface area contributed by atoms with Crippen LogP contribution in [-0.2, 0) is 0 Å². The monoisotopic (exact) mass is 332 g/mol. The van der Waals surface area contributed by atoms with Gasteiger partial charge in [0.2, 0.25) is 0 Å². The number of rotatable bonds is 6. The minimum absolute atomic E-state index is 0.946. The van der Waals surface area contributed by atoms with E-state index in [0.29, 0.717) is 0 Å². The summed E-state index contributed by atoms with van der Waals surface area (Å²) in [6.45, 7) is -4.13. The minimum Gasteiger partial charge on any atom is -0.396 e. The smallest absolute Gasteiger partial charge is 0.291 e. The highest BCUT2D eigenvalue weighted by Gasteiger charge is 2.35. The van der Waals surface area contributed by atoms with E-state index in [4.69, 9.17) is 40.9 Å². The van der Waals surface area contributed by atoms with E-state index in [1.807, 2.05) is 0 Å². The Bertz CT molecular complexity index is 260. The van der Waals surface area contributed by atoms with Crippen molar-refractivity contribution < 1.29 is 48.7 Å². The predicted molar refractivity (Wildman–Crippen MR) is 52.0 cm³/mol. The van der Waals surface area contributed by atoms with Crippen LogP contribution in [-0.4, -0.2) is 67.8 Å². The van der Waals surface area contributed by atoms with Gasteiger partial charge in [-0.3, -0.25) is 0 Å². The summed E-state index contributed by atoms with van der Waals surface area (Å²) in [6.07, 6.45) is 0. The molecule has 16 heteroatoms. The van der Waals surface area contributed by atoms with Gasteiger partial charge < -0.3 is 20.6 Å². The SMILES string of the molecule is O=[N+]([O-])O.O=[N+]([O-])O.OCC(CO)(CN(F)F)CN(F)F. The van der Waals surface area contributed by atoms with E-state index in [1.54, 1.807) is 0 Å². The fraction of sp³-hybridized carbons (Fsp3) is 1.00. The Morgan fingerprint density at radius 1 is 0.857 bits per heavy atom. The van der Waals surface area contributed by atoms with Gasteiger partial charge in [-0.1, -0.05) is 0 Å². The van der Waals surface area contributed by atoms with Crippen molar-refractivity contribution in [1.29, 1.82) is 0 Å². The van der Waals surface area contributed by atoms with Crippen molar-refractivity contribution >= 4 is 0 Å². The Hall–Kier alpha value is -2.04. The van der Waals surface area contributed by atoms with Crippen molar-refractivity contribution in [3.63, 3.8) is 0 Å². The summed E-state index contributed by atoms with van der Waals surface area (Å²) in [6, 6.07) is 0. The van der Waals surface area contributed by atoms with E-state index in [2.05, 4.69) is 0 Å². The molecule has 12 nitrogen and oxygen atoms in total. The molecule has 0 aliphatic carbocycles. The molecule has 0 saturated heterocycles. The Balaban J connectivity index is -0.000000334. The second-order valence-corrected chi connectivity index (χ2v) is 3.21. The lowest BCUT2D eigenvalue weighted by Gasteiger charge is -2.28. The van der Waals surface area contributed by atoms with Gasteiger partial charge in [0.05, 0.1) is 31.7 Å². The summed E-state index contributed by atoms with van der Waals surface area (Å²) in [5.41, 5.74) is -1.91. The van der Waals surface area contributed by atoms with Gasteiger partial charge in [-0.2, -0.15) is 0 Å². The Kier molecular flexibility index (Phi) is 14.8. The van der Waals surface area contributed by atoms with Crippen LogP contribution in [0.4, 0.5) is 17.9 Å². The van der Waals surface area contributed by atoms with Gasteiger partial charge in [0.15, 0.2) is 0 Å². The third-order valence-electron chi connectivity index (χ3n) is 1.58. The van der Waals surface area contributed by atoms with Crippen LogP contribution in [0.5, 0.6) is 0 Å². The second kappa shape index (κ2) is 13.0. The molecule has 0 amide bonds. The van der Waals surface area contributed by atoms with E-state index < -0.39 is 52.6 Å². The van der Waals surface area contributed by atoms with Crippen LogP contribution in [0.2, 0.25) is 0 Å². The molecule has 0 aromatic rings. The van der Waals surface area contributed by atoms with Crippen LogP contribution < -0.4 is 0 Å². The molecule has 0 rings (SSSR count). The summed E-state index contributed by atoms with van der Waals surface area (Å²) in [4.78, 5) is 16.7. The number of aliphatic hydroxyl groups excluding tert-OH is 2. The van der Waals surface area contributed by atoms with E-state index in [-0.39, 0.29) is 0 Å². The van der Waals surface area contributed by atoms with Gasteiger partial charge in [-0.15, -0.1) is 38.2 Å². The molecule has 0 aromatic carbocycles. The van der Waals surface area contributed by atoms with Crippen LogP contribution in [0.25, 0.3) is 0 Å². The molecule has 4 N–H and O–H groups in total. The highest BCUT2D eigenvalue weighted by molar-refractivity contribution is 4.79. The quantitative estimate of drug-likeness (QED) is 0.213. The highest BCUT2D eigenvalue weighted by atomic mass is 19.4. The first-order chi connectivity index (χ1) is 9.42. The Labute approximate surface area is 113 Å². The fourth-order valence-corrected chi connectivity index (χ4v) is 0.807. The maximum absolute atomic E-state index is 11.7. The summed E-state index contributed by atoms with van der Waals surface area (Å²) in [5, 5.41) is 41.8. The average Bonchev–Trinajstić information content (AvgIpc) is 2.25. The first kappa shape index (κ1) is 24.0. The van der Waals surface area contributed by atoms with E-state index in [9.17, 15) is 17.9 Å². The molecule has 0 saturated carbocycles. The van der Waals surface area contributed by atoms with E-state index in [1.165, 1.54) is 0 Å². The van der Waals surface area contributed by atoms with Crippen LogP contribution >= 0.6 is 0 Å². The lowest BCUT2D eigenvalue weighted by molar-refractivity contribution is -0.742. The van der Waals surface area contributed by atoms with Crippen LogP contribution in [0, 0.1) is 25.6 Å². The normalized spacial score (nSPS) is 10.3. The topological polar surface area (TPSA) is 174 Å². The fourth-order valence-electron chi connectivity index (χ4n) is 0.807. The largest absolute Gasteiger partial charge is 0.396 e. The third kappa shape index (κ3) is 23.5. The molecule has 0 fully saturated rings. The number of hydrogen-bond acceptors (Lipinski definition) is 8. The van der Waals surface area contributed by atoms with E-state index >= 15 is 0 Å². The van der Waals surface area contributed by atoms with Crippen LogP contribution in [0.3, 0.4) is 0 Å². The van der Waals surface area contributed by atoms with Gasteiger partial charge in [0.1, 0.15) is 0 Å². The molecular formula is C5H12F4N4O8. The van der Waals surface area contributed by atoms with Crippen molar-refractivity contribution in [2.75, 3.05) is 26.3 Å². The van der Waals surface area contributed by atoms with Crippen molar-refractivity contribution in [3.05, 3.63) is 20.2 Å². The standard InChI is InChI=1S/C5H10F4N2O2.2HNO3/c6-10(7)1-5(3-12,4-13)2-11(8)9;2*2-1(3)4/h12-13H,1-4H2;2*(H,2,3,4). The molecule has 0 aliphatic heterocycles. The van der Waals surface area contributed by atoms with Crippen molar-refractivity contribution in [2.24, 2.45) is 5.41 Å². The first-order valence-corrected chi connectivity index (χ1v) is 4.49. The zero-order chi connectivity index (χ0) is 17.6. The van der Waals surface area contributed by atoms with E-state index in [0.717, 1.165) is 0 Å². The van der Waals surface area contributed by atoms with Crippen molar-refractivity contribution in [3.8, 4) is 0 Å². The van der Waals surface area contributed by atoms with Gasteiger partial charge in [-0.25, -0.2) is 0 Å². The first-order valence-electron chi connectivity index (χ1n) is 4.49. The number of hydrogen-bond donors (Lipinski definition) is 4. The highest BCUT2D eigenvalue weighted by Crippen LogP contribution is 2.20. The molecule has 0 aromatic heterocycles. The molecule has 0 radical (unpaired) electrons. The molecular weight excluding hydrogens is 320 g/mol. The minimum atomic E-state index is -1.91. The molecule has 0 unspecified atom stereocenters. The maximum Gasteiger partial charge on any atom is 0.291 e. The lowest BCUT2D eigenvalue weighted by Crippen LogP contribution is -2.44. The molecule has 0 spiro atoms. The Morgan fingerprint density at radius 2 is 1.05 bits per heavy atom. The van der Waals surface area contributed by atoms with Gasteiger partial charge in [0.25, 0.3) is 10.2 Å². The molecule has 0 aliphatic rings. The van der Waals surface area contributed by atoms with Crippen molar-refractivity contribution in [2.45, 2.75) is 0 Å². The zero-order valence-electron chi connectivity index (χ0n) is 10.1. The number of aliphatic hydroxyl groups is 2. The Morgan fingerprint density at radius 3 is 1.14 bits per heavy atom. The van der Waals surface area contributed by atoms with Crippen LogP contribution in [0.15, 0.2) is 0 Å². The predicted octanol–water partition coefficient (Wildman–Crippen LogP) is -0.596. The number of nitrogens with zero attached hydrogens (tertiary/aromatic N) is 4. The molecule has 0 atom stereocenters. The zero-order valence-corrected chi connectivity index (χ0v) is 10.1. The van der Waals surface area contributed by atoms with Crippen molar-refractivity contribution in [1.82, 2.24) is 10.7 Å². The summed E-state index contributed by atoms with van der Waals surface area (Å²) < 4.78 is 46.8. The van der Waals surface area contributed by atoms with Gasteiger partial charge in [-0.05, 0) is 0 Å². The molecule has 0 heterocycles. The van der Waals surface area contributed by atoms with Gasteiger partial charge in [0, 0.05) is 10.7 Å². The molecule has 128 valence electrons. The average molecular weight is 332 g/mol. The summed E-state index contributed by atoms with van der Waals surface area (Å²) in [7, 11) is 0. The maximum atomic E-state index is 11.7. The lowest BCUT2D eigenvalue weighted by atomic mass is 9.90. The third-order valence-corrected chi connectivity index (χ3v) is 1.58. The summed E-state index contributed by atoms with van der Waals surface area (Å²) in [5.74, 6) is 0. The summed E-state index contributed by atoms with van der Waals surface area (Å²) >= 11 is 0. The second-order valence-electron chi connectivity index (χ2n) is 3.21. The number of halogens is 4. The molecule has 0 bridgehead atoms.